The number of ketones is 1. The third-order valence-corrected chi connectivity index (χ3v) is 3.60. The van der Waals surface area contributed by atoms with Gasteiger partial charge in [-0.25, -0.2) is 0 Å². The molecule has 1 aliphatic carbocycles. The number of halogens is 1. The van der Waals surface area contributed by atoms with Crippen LogP contribution in [-0.4, -0.2) is 31.7 Å². The fourth-order valence-corrected chi connectivity index (χ4v) is 2.34. The fraction of sp³-hybridized carbons (Fsp3) is 0.500. The number of carbonyl (C=O) groups excluding carboxylic acids is 1. The number of Topliss-reactive ketones (excluding diaryl/α,β-unsaturated/α-hetero) is 1. The Bertz CT molecular complexity index is 461. The Balaban J connectivity index is 1.99. The van der Waals surface area contributed by atoms with Crippen molar-refractivity contribution in [1.29, 1.82) is 0 Å². The first-order chi connectivity index (χ1) is 9.15. The predicted octanol–water partition coefficient (Wildman–Crippen LogP) is 2.97. The second-order valence-corrected chi connectivity index (χ2v) is 5.27. The minimum atomic E-state index is -0.422. The van der Waals surface area contributed by atoms with Crippen LogP contribution in [0.15, 0.2) is 22.7 Å². The lowest BCUT2D eigenvalue weighted by Crippen LogP contribution is -2.52. The van der Waals surface area contributed by atoms with Crippen LogP contribution in [0.3, 0.4) is 0 Å². The summed E-state index contributed by atoms with van der Waals surface area (Å²) in [5.74, 6) is 1.56. The first-order valence-electron chi connectivity index (χ1n) is 6.30. The van der Waals surface area contributed by atoms with Gasteiger partial charge in [-0.15, -0.1) is 0 Å². The summed E-state index contributed by atoms with van der Waals surface area (Å²) in [5, 5.41) is 0. The maximum absolute atomic E-state index is 11.5. The topological polar surface area (TPSA) is 44.8 Å². The Morgan fingerprint density at radius 3 is 2.79 bits per heavy atom. The van der Waals surface area contributed by atoms with Gasteiger partial charge in [0.1, 0.15) is 17.6 Å². The van der Waals surface area contributed by atoms with E-state index in [0.29, 0.717) is 18.8 Å². The van der Waals surface area contributed by atoms with E-state index in [1.54, 1.807) is 7.11 Å². The lowest BCUT2D eigenvalue weighted by molar-refractivity contribution is -0.154. The molecule has 0 N–H and O–H groups in total. The molecule has 0 aliphatic heterocycles. The molecule has 5 heteroatoms. The van der Waals surface area contributed by atoms with Crippen LogP contribution < -0.4 is 9.47 Å². The average molecular weight is 329 g/mol. The normalized spacial score (nSPS) is 21.9. The molecular weight excluding hydrogens is 312 g/mol. The van der Waals surface area contributed by atoms with Crippen molar-refractivity contribution < 1.29 is 19.0 Å². The van der Waals surface area contributed by atoms with Crippen molar-refractivity contribution in [1.82, 2.24) is 0 Å². The maximum atomic E-state index is 11.5. The number of ether oxygens (including phenoxy) is 3. The van der Waals surface area contributed by atoms with Crippen molar-refractivity contribution in [2.45, 2.75) is 32.0 Å². The standard InChI is InChI=1S/C14H17BrO4/c1-3-6-18-14-11(16)8-13(14)19-12-5-4-9(17-2)7-10(12)15/h4-5,7,13-14H,3,6,8H2,1-2H3. The fourth-order valence-electron chi connectivity index (χ4n) is 1.88. The molecule has 0 spiro atoms. The highest BCUT2D eigenvalue weighted by molar-refractivity contribution is 9.10. The molecule has 1 aromatic carbocycles. The van der Waals surface area contributed by atoms with Gasteiger partial charge in [-0.2, -0.15) is 0 Å². The molecule has 0 saturated heterocycles. The van der Waals surface area contributed by atoms with Gasteiger partial charge in [-0.1, -0.05) is 6.92 Å². The molecule has 0 aromatic heterocycles. The predicted molar refractivity (Wildman–Crippen MR) is 74.8 cm³/mol. The van der Waals surface area contributed by atoms with Crippen molar-refractivity contribution in [3.8, 4) is 11.5 Å². The monoisotopic (exact) mass is 328 g/mol. The number of hydrogen-bond donors (Lipinski definition) is 0. The van der Waals surface area contributed by atoms with Gasteiger partial charge in [-0.05, 0) is 40.5 Å². The van der Waals surface area contributed by atoms with Crippen LogP contribution in [0, 0.1) is 0 Å². The SMILES string of the molecule is CCCOC1C(=O)CC1Oc1ccc(OC)cc1Br. The second-order valence-electron chi connectivity index (χ2n) is 4.41. The molecule has 0 radical (unpaired) electrons. The lowest BCUT2D eigenvalue weighted by atomic mass is 9.90. The molecule has 0 amide bonds. The number of hydrogen-bond acceptors (Lipinski definition) is 4. The van der Waals surface area contributed by atoms with Crippen molar-refractivity contribution in [2.75, 3.05) is 13.7 Å². The van der Waals surface area contributed by atoms with E-state index in [1.165, 1.54) is 0 Å². The maximum Gasteiger partial charge on any atom is 0.169 e. The summed E-state index contributed by atoms with van der Waals surface area (Å²) in [6.45, 7) is 2.60. The minimum absolute atomic E-state index is 0.114. The van der Waals surface area contributed by atoms with Gasteiger partial charge in [0.25, 0.3) is 0 Å². The Labute approximate surface area is 121 Å². The van der Waals surface area contributed by atoms with Crippen LogP contribution in [-0.2, 0) is 9.53 Å². The number of methoxy groups -OCH3 is 1. The first-order valence-corrected chi connectivity index (χ1v) is 7.09. The minimum Gasteiger partial charge on any atom is -0.497 e. The molecular formula is C14H17BrO4. The molecule has 2 unspecified atom stereocenters. The third kappa shape index (κ3) is 3.28. The highest BCUT2D eigenvalue weighted by Gasteiger charge is 2.42. The van der Waals surface area contributed by atoms with Crippen LogP contribution in [0.4, 0.5) is 0 Å². The largest absolute Gasteiger partial charge is 0.497 e. The zero-order valence-corrected chi connectivity index (χ0v) is 12.6. The molecule has 2 rings (SSSR count). The summed E-state index contributed by atoms with van der Waals surface area (Å²) in [7, 11) is 1.61. The summed E-state index contributed by atoms with van der Waals surface area (Å²) in [6, 6.07) is 5.48. The van der Waals surface area contributed by atoms with Crippen molar-refractivity contribution in [2.24, 2.45) is 0 Å². The molecule has 1 aliphatic rings. The quantitative estimate of drug-likeness (QED) is 0.805. The first kappa shape index (κ1) is 14.3. The molecule has 1 saturated carbocycles. The van der Waals surface area contributed by atoms with E-state index in [1.807, 2.05) is 25.1 Å². The molecule has 0 heterocycles. The Morgan fingerprint density at radius 1 is 1.42 bits per heavy atom. The Hall–Kier alpha value is -1.07. The van der Waals surface area contributed by atoms with Gasteiger partial charge in [0.15, 0.2) is 11.9 Å². The second kappa shape index (κ2) is 6.39. The molecule has 1 aromatic rings. The van der Waals surface area contributed by atoms with Crippen LogP contribution in [0.5, 0.6) is 11.5 Å². The van der Waals surface area contributed by atoms with Crippen molar-refractivity contribution in [3.63, 3.8) is 0 Å². The summed E-state index contributed by atoms with van der Waals surface area (Å²) < 4.78 is 17.2. The Morgan fingerprint density at radius 2 is 2.21 bits per heavy atom. The molecule has 0 bridgehead atoms. The summed E-state index contributed by atoms with van der Waals surface area (Å²) in [5.41, 5.74) is 0. The van der Waals surface area contributed by atoms with Crippen LogP contribution in [0.2, 0.25) is 0 Å². The van der Waals surface area contributed by atoms with Gasteiger partial charge in [0, 0.05) is 13.0 Å². The summed E-state index contributed by atoms with van der Waals surface area (Å²) in [4.78, 5) is 11.5. The van der Waals surface area contributed by atoms with Crippen molar-refractivity contribution in [3.05, 3.63) is 22.7 Å². The van der Waals surface area contributed by atoms with E-state index in [4.69, 9.17) is 14.2 Å². The van der Waals surface area contributed by atoms with Crippen LogP contribution in [0.1, 0.15) is 19.8 Å². The highest BCUT2D eigenvalue weighted by atomic mass is 79.9. The molecule has 1 fully saturated rings. The van der Waals surface area contributed by atoms with E-state index in [2.05, 4.69) is 15.9 Å². The lowest BCUT2D eigenvalue weighted by Gasteiger charge is -2.34. The van der Waals surface area contributed by atoms with Gasteiger partial charge in [-0.3, -0.25) is 4.79 Å². The van der Waals surface area contributed by atoms with Crippen LogP contribution >= 0.6 is 15.9 Å². The number of benzene rings is 1. The zero-order chi connectivity index (χ0) is 13.8. The van der Waals surface area contributed by atoms with Gasteiger partial charge in [0.2, 0.25) is 0 Å². The van der Waals surface area contributed by atoms with E-state index >= 15 is 0 Å². The molecule has 2 atom stereocenters. The van der Waals surface area contributed by atoms with E-state index in [9.17, 15) is 4.79 Å². The van der Waals surface area contributed by atoms with E-state index < -0.39 is 6.10 Å². The van der Waals surface area contributed by atoms with Gasteiger partial charge >= 0.3 is 0 Å². The summed E-state index contributed by atoms with van der Waals surface area (Å²) >= 11 is 3.43. The Kier molecular flexibility index (Phi) is 4.82. The number of carbonyl (C=O) groups is 1. The number of rotatable bonds is 6. The smallest absolute Gasteiger partial charge is 0.169 e. The third-order valence-electron chi connectivity index (χ3n) is 2.98. The summed E-state index contributed by atoms with van der Waals surface area (Å²) in [6.07, 6.45) is 0.688. The highest BCUT2D eigenvalue weighted by Crippen LogP contribution is 2.33. The van der Waals surface area contributed by atoms with Crippen molar-refractivity contribution >= 4 is 21.7 Å². The van der Waals surface area contributed by atoms with Crippen LogP contribution in [0.25, 0.3) is 0 Å². The van der Waals surface area contributed by atoms with Gasteiger partial charge < -0.3 is 14.2 Å². The molecule has 104 valence electrons. The van der Waals surface area contributed by atoms with E-state index in [0.717, 1.165) is 16.6 Å². The molecule has 4 nitrogen and oxygen atoms in total. The van der Waals surface area contributed by atoms with E-state index in [-0.39, 0.29) is 11.9 Å². The molecule has 19 heavy (non-hydrogen) atoms. The zero-order valence-electron chi connectivity index (χ0n) is 11.0. The average Bonchev–Trinajstić information content (AvgIpc) is 2.40. The van der Waals surface area contributed by atoms with Gasteiger partial charge in [0.05, 0.1) is 11.6 Å².